The van der Waals surface area contributed by atoms with Crippen LogP contribution in [0.25, 0.3) is 10.1 Å². The molecule has 0 bridgehead atoms. The minimum absolute atomic E-state index is 0.292. The van der Waals surface area contributed by atoms with E-state index in [4.69, 9.17) is 16.3 Å². The zero-order valence-electron chi connectivity index (χ0n) is 14.1. The maximum absolute atomic E-state index is 12.8. The standard InChI is InChI=1S/C19H16ClNO3S2/c1-24-19(23)14-10-6-2-4-8-12(10)26-18(14)21-17(22)16-15(20)11-7-3-5-9-13(11)25-16/h3,5,7,9H,2,4,6,8H2,1H3,(H,21,22). The van der Waals surface area contributed by atoms with Gasteiger partial charge in [0.2, 0.25) is 0 Å². The Morgan fingerprint density at radius 2 is 1.92 bits per heavy atom. The summed E-state index contributed by atoms with van der Waals surface area (Å²) in [5.41, 5.74) is 1.52. The number of methoxy groups -OCH3 is 1. The Bertz CT molecular complexity index is 1020. The lowest BCUT2D eigenvalue weighted by atomic mass is 9.95. The molecule has 4 nitrogen and oxygen atoms in total. The maximum Gasteiger partial charge on any atom is 0.341 e. The number of halogens is 1. The van der Waals surface area contributed by atoms with E-state index in [9.17, 15) is 9.59 Å². The predicted molar refractivity (Wildman–Crippen MR) is 107 cm³/mol. The molecule has 1 N–H and O–H groups in total. The summed E-state index contributed by atoms with van der Waals surface area (Å²) in [6.07, 6.45) is 3.92. The summed E-state index contributed by atoms with van der Waals surface area (Å²) in [4.78, 5) is 26.8. The second kappa shape index (κ2) is 7.02. The molecule has 2 heterocycles. The quantitative estimate of drug-likeness (QED) is 0.582. The van der Waals surface area contributed by atoms with E-state index in [2.05, 4.69) is 5.32 Å². The summed E-state index contributed by atoms with van der Waals surface area (Å²) in [6.45, 7) is 0. The number of ether oxygens (including phenoxy) is 1. The second-order valence-electron chi connectivity index (χ2n) is 6.10. The average molecular weight is 406 g/mol. The number of rotatable bonds is 3. The smallest absolute Gasteiger partial charge is 0.341 e. The third kappa shape index (κ3) is 2.92. The molecule has 0 aliphatic heterocycles. The molecular weight excluding hydrogens is 390 g/mol. The van der Waals surface area contributed by atoms with Gasteiger partial charge in [0.1, 0.15) is 9.88 Å². The molecule has 1 aliphatic carbocycles. The monoisotopic (exact) mass is 405 g/mol. The van der Waals surface area contributed by atoms with Crippen LogP contribution >= 0.6 is 34.3 Å². The van der Waals surface area contributed by atoms with Crippen molar-refractivity contribution < 1.29 is 14.3 Å². The minimum Gasteiger partial charge on any atom is -0.465 e. The largest absolute Gasteiger partial charge is 0.465 e. The first kappa shape index (κ1) is 17.5. The van der Waals surface area contributed by atoms with Crippen molar-refractivity contribution in [2.24, 2.45) is 0 Å². The number of carbonyl (C=O) groups excluding carboxylic acids is 2. The van der Waals surface area contributed by atoms with Crippen molar-refractivity contribution in [3.8, 4) is 0 Å². The highest BCUT2D eigenvalue weighted by Gasteiger charge is 2.28. The number of fused-ring (bicyclic) bond motifs is 2. The third-order valence-electron chi connectivity index (χ3n) is 4.53. The van der Waals surface area contributed by atoms with Crippen LogP contribution in [0.1, 0.15) is 43.3 Å². The first-order chi connectivity index (χ1) is 12.6. The summed E-state index contributed by atoms with van der Waals surface area (Å²) >= 11 is 9.23. The van der Waals surface area contributed by atoms with Crippen molar-refractivity contribution in [1.29, 1.82) is 0 Å². The molecular formula is C19H16ClNO3S2. The molecule has 26 heavy (non-hydrogen) atoms. The van der Waals surface area contributed by atoms with E-state index in [0.717, 1.165) is 46.2 Å². The Kier molecular flexibility index (Phi) is 4.73. The normalized spacial score (nSPS) is 13.5. The number of amides is 1. The van der Waals surface area contributed by atoms with Gasteiger partial charge in [0.25, 0.3) is 5.91 Å². The van der Waals surface area contributed by atoms with Gasteiger partial charge in [-0.25, -0.2) is 4.79 Å². The van der Waals surface area contributed by atoms with Crippen LogP contribution in [0, 0.1) is 0 Å². The Morgan fingerprint density at radius 1 is 1.15 bits per heavy atom. The van der Waals surface area contributed by atoms with Crippen molar-refractivity contribution in [3.05, 3.63) is 50.2 Å². The SMILES string of the molecule is COC(=O)c1c(NC(=O)c2sc3ccccc3c2Cl)sc2c1CCCC2. The van der Waals surface area contributed by atoms with E-state index >= 15 is 0 Å². The van der Waals surface area contributed by atoms with E-state index in [-0.39, 0.29) is 5.91 Å². The van der Waals surface area contributed by atoms with Crippen LogP contribution < -0.4 is 5.32 Å². The van der Waals surface area contributed by atoms with Crippen LogP contribution in [0.3, 0.4) is 0 Å². The van der Waals surface area contributed by atoms with Gasteiger partial charge in [0.15, 0.2) is 0 Å². The number of anilines is 1. The molecule has 2 aromatic heterocycles. The fraction of sp³-hybridized carbons (Fsp3) is 0.263. The van der Waals surface area contributed by atoms with Crippen LogP contribution in [-0.4, -0.2) is 19.0 Å². The number of hydrogen-bond donors (Lipinski definition) is 1. The maximum atomic E-state index is 12.8. The van der Waals surface area contributed by atoms with Crippen molar-refractivity contribution >= 4 is 61.2 Å². The highest BCUT2D eigenvalue weighted by atomic mass is 35.5. The first-order valence-corrected chi connectivity index (χ1v) is 10.3. The molecule has 3 aromatic rings. The number of thiophene rings is 2. The second-order valence-corrected chi connectivity index (χ2v) is 8.64. The van der Waals surface area contributed by atoms with Gasteiger partial charge in [-0.1, -0.05) is 29.8 Å². The highest BCUT2D eigenvalue weighted by molar-refractivity contribution is 7.22. The lowest BCUT2D eigenvalue weighted by Crippen LogP contribution is -2.14. The summed E-state index contributed by atoms with van der Waals surface area (Å²) in [5.74, 6) is -0.693. The number of carbonyl (C=O) groups is 2. The highest BCUT2D eigenvalue weighted by Crippen LogP contribution is 2.40. The van der Waals surface area contributed by atoms with Crippen molar-refractivity contribution in [3.63, 3.8) is 0 Å². The fourth-order valence-electron chi connectivity index (χ4n) is 3.29. The molecule has 7 heteroatoms. The number of aryl methyl sites for hydroxylation is 1. The van der Waals surface area contributed by atoms with Gasteiger partial charge < -0.3 is 10.1 Å². The van der Waals surface area contributed by atoms with Crippen molar-refractivity contribution in [2.45, 2.75) is 25.7 Å². The van der Waals surface area contributed by atoms with Gasteiger partial charge in [-0.2, -0.15) is 0 Å². The zero-order valence-corrected chi connectivity index (χ0v) is 16.4. The third-order valence-corrected chi connectivity index (χ3v) is 7.41. The molecule has 0 saturated carbocycles. The lowest BCUT2D eigenvalue weighted by molar-refractivity contribution is 0.0601. The Balaban J connectivity index is 1.72. The van der Waals surface area contributed by atoms with Gasteiger partial charge in [0, 0.05) is 15.0 Å². The van der Waals surface area contributed by atoms with Crippen LogP contribution in [0.4, 0.5) is 5.00 Å². The summed E-state index contributed by atoms with van der Waals surface area (Å²) in [5, 5.41) is 4.78. The Morgan fingerprint density at radius 3 is 2.69 bits per heavy atom. The number of hydrogen-bond acceptors (Lipinski definition) is 5. The first-order valence-electron chi connectivity index (χ1n) is 8.31. The Hall–Kier alpha value is -1.89. The molecule has 1 aliphatic rings. The molecule has 1 aromatic carbocycles. The predicted octanol–water partition coefficient (Wildman–Crippen LogP) is 5.53. The van der Waals surface area contributed by atoms with Gasteiger partial charge in [-0.3, -0.25) is 4.79 Å². The zero-order chi connectivity index (χ0) is 18.3. The van der Waals surface area contributed by atoms with Gasteiger partial charge in [0.05, 0.1) is 17.7 Å². The van der Waals surface area contributed by atoms with Crippen LogP contribution in [0.2, 0.25) is 5.02 Å². The molecule has 134 valence electrons. The summed E-state index contributed by atoms with van der Waals surface area (Å²) in [6, 6.07) is 7.64. The molecule has 0 spiro atoms. The topological polar surface area (TPSA) is 55.4 Å². The number of nitrogens with one attached hydrogen (secondary N) is 1. The molecule has 1 amide bonds. The van der Waals surface area contributed by atoms with Gasteiger partial charge in [-0.05, 0) is 37.3 Å². The molecule has 0 saturated heterocycles. The van der Waals surface area contributed by atoms with E-state index in [0.29, 0.717) is 20.5 Å². The van der Waals surface area contributed by atoms with E-state index in [1.165, 1.54) is 29.8 Å². The molecule has 0 unspecified atom stereocenters. The van der Waals surface area contributed by atoms with E-state index in [1.807, 2.05) is 24.3 Å². The van der Waals surface area contributed by atoms with Crippen LogP contribution in [0.15, 0.2) is 24.3 Å². The average Bonchev–Trinajstić information content (AvgIpc) is 3.19. The van der Waals surface area contributed by atoms with Crippen molar-refractivity contribution in [1.82, 2.24) is 0 Å². The van der Waals surface area contributed by atoms with Crippen LogP contribution in [-0.2, 0) is 17.6 Å². The van der Waals surface area contributed by atoms with Crippen LogP contribution in [0.5, 0.6) is 0 Å². The summed E-state index contributed by atoms with van der Waals surface area (Å²) < 4.78 is 5.91. The molecule has 0 atom stereocenters. The summed E-state index contributed by atoms with van der Waals surface area (Å²) in [7, 11) is 1.36. The number of esters is 1. The lowest BCUT2D eigenvalue weighted by Gasteiger charge is -2.11. The van der Waals surface area contributed by atoms with Gasteiger partial charge in [-0.15, -0.1) is 22.7 Å². The fourth-order valence-corrected chi connectivity index (χ4v) is 5.98. The number of benzene rings is 1. The van der Waals surface area contributed by atoms with Gasteiger partial charge >= 0.3 is 5.97 Å². The van der Waals surface area contributed by atoms with E-state index in [1.54, 1.807) is 0 Å². The minimum atomic E-state index is -0.401. The Labute approximate surface area is 163 Å². The molecule has 4 rings (SSSR count). The van der Waals surface area contributed by atoms with E-state index < -0.39 is 5.97 Å². The molecule has 0 fully saturated rings. The molecule has 0 radical (unpaired) electrons. The van der Waals surface area contributed by atoms with Crippen molar-refractivity contribution in [2.75, 3.05) is 12.4 Å².